The van der Waals surface area contributed by atoms with Crippen LogP contribution in [-0.2, 0) is 9.59 Å². The van der Waals surface area contributed by atoms with Gasteiger partial charge >= 0.3 is 0 Å². The van der Waals surface area contributed by atoms with Crippen molar-refractivity contribution in [2.75, 3.05) is 39.5 Å². The Morgan fingerprint density at radius 3 is 2.45 bits per heavy atom. The maximum atomic E-state index is 11.9. The number of rotatable bonds is 5. The van der Waals surface area contributed by atoms with Gasteiger partial charge in [-0.3, -0.25) is 9.59 Å². The van der Waals surface area contributed by atoms with Gasteiger partial charge in [0, 0.05) is 19.1 Å². The molecule has 0 saturated heterocycles. The van der Waals surface area contributed by atoms with Crippen LogP contribution in [0.3, 0.4) is 0 Å². The van der Waals surface area contributed by atoms with Gasteiger partial charge in [0.15, 0.2) is 13.1 Å². The van der Waals surface area contributed by atoms with Crippen LogP contribution in [0.15, 0.2) is 18.2 Å². The second kappa shape index (κ2) is 7.47. The van der Waals surface area contributed by atoms with E-state index in [-0.39, 0.29) is 24.9 Å². The lowest BCUT2D eigenvalue weighted by molar-refractivity contribution is -0.862. The number of benzene rings is 1. The number of quaternary nitrogens is 1. The maximum absolute atomic E-state index is 11.9. The molecule has 1 rings (SSSR count). The summed E-state index contributed by atoms with van der Waals surface area (Å²) in [6.45, 7) is 0.438. The third-order valence-corrected chi connectivity index (χ3v) is 3.17. The quantitative estimate of drug-likeness (QED) is 0.832. The van der Waals surface area contributed by atoms with Crippen LogP contribution in [0.25, 0.3) is 0 Å². The maximum Gasteiger partial charge on any atom is 0.279 e. The molecular weight excluding hydrogens is 301 g/mol. The normalized spacial score (nSPS) is 11.8. The van der Waals surface area contributed by atoms with Gasteiger partial charge in [0.2, 0.25) is 0 Å². The number of likely N-dealkylation sites (N-methyl/N-ethyl adjacent to an activating group) is 2. The van der Waals surface area contributed by atoms with Gasteiger partial charge in [-0.25, -0.2) is 0 Å². The number of carbonyl (C=O) groups is 2. The Morgan fingerprint density at radius 2 is 1.90 bits per heavy atom. The third-order valence-electron chi connectivity index (χ3n) is 2.62. The highest BCUT2D eigenvalue weighted by Gasteiger charge is 2.16. The van der Waals surface area contributed by atoms with Gasteiger partial charge in [0.25, 0.3) is 11.8 Å². The Labute approximate surface area is 128 Å². The summed E-state index contributed by atoms with van der Waals surface area (Å²) in [6.07, 6.45) is 0. The van der Waals surface area contributed by atoms with E-state index in [0.717, 1.165) is 4.90 Å². The molecule has 0 fully saturated rings. The summed E-state index contributed by atoms with van der Waals surface area (Å²) in [5.74, 6) is -0.238. The standard InChI is InChI=1S/C13H17Cl2N3O2/c1-17(2)13(20)8-18(3)7-12(19)16-11-5-4-9(14)6-10(11)15/h4-6H,7-8H2,1-3H3,(H,16,19)/p+1. The average Bonchev–Trinajstić information content (AvgIpc) is 2.32. The van der Waals surface area contributed by atoms with Crippen LogP contribution < -0.4 is 10.2 Å². The third kappa shape index (κ3) is 5.36. The fourth-order valence-electron chi connectivity index (χ4n) is 1.54. The minimum atomic E-state index is -0.210. The topological polar surface area (TPSA) is 53.9 Å². The van der Waals surface area contributed by atoms with Crippen LogP contribution in [-0.4, -0.2) is 50.9 Å². The number of nitrogens with one attached hydrogen (secondary N) is 2. The number of amides is 2. The van der Waals surface area contributed by atoms with Crippen LogP contribution in [0.2, 0.25) is 10.0 Å². The summed E-state index contributed by atoms with van der Waals surface area (Å²) in [5.41, 5.74) is 0.507. The second-order valence-corrected chi connectivity index (χ2v) is 5.61. The molecule has 1 aromatic carbocycles. The fourth-order valence-corrected chi connectivity index (χ4v) is 1.99. The molecule has 0 heterocycles. The van der Waals surface area contributed by atoms with E-state index in [2.05, 4.69) is 5.32 Å². The zero-order chi connectivity index (χ0) is 15.3. The summed E-state index contributed by atoms with van der Waals surface area (Å²) >= 11 is 11.8. The Kier molecular flexibility index (Phi) is 6.26. The van der Waals surface area contributed by atoms with Gasteiger partial charge in [-0.2, -0.15) is 0 Å². The van der Waals surface area contributed by atoms with Crippen molar-refractivity contribution < 1.29 is 14.5 Å². The summed E-state index contributed by atoms with van der Waals surface area (Å²) in [4.78, 5) is 25.7. The van der Waals surface area contributed by atoms with Crippen molar-refractivity contribution >= 4 is 40.7 Å². The predicted octanol–water partition coefficient (Wildman–Crippen LogP) is 0.535. The minimum absolute atomic E-state index is 0.0279. The largest absolute Gasteiger partial charge is 0.344 e. The molecule has 0 spiro atoms. The van der Waals surface area contributed by atoms with Crippen molar-refractivity contribution in [1.82, 2.24) is 4.90 Å². The molecule has 0 saturated carbocycles. The Bertz CT molecular complexity index is 506. The van der Waals surface area contributed by atoms with E-state index in [1.165, 1.54) is 4.90 Å². The molecule has 0 bridgehead atoms. The molecule has 1 unspecified atom stereocenters. The minimum Gasteiger partial charge on any atom is -0.344 e. The lowest BCUT2D eigenvalue weighted by Gasteiger charge is -2.16. The van der Waals surface area contributed by atoms with Gasteiger partial charge in [-0.15, -0.1) is 0 Å². The molecule has 2 amide bonds. The molecule has 2 N–H and O–H groups in total. The van der Waals surface area contributed by atoms with Crippen LogP contribution in [0.1, 0.15) is 0 Å². The first-order chi connectivity index (χ1) is 9.29. The Hall–Kier alpha value is -1.30. The SMILES string of the molecule is CN(C)C(=O)C[NH+](C)CC(=O)Nc1ccc(Cl)cc1Cl. The first-order valence-electron chi connectivity index (χ1n) is 6.06. The first-order valence-corrected chi connectivity index (χ1v) is 6.81. The van der Waals surface area contributed by atoms with Crippen LogP contribution in [0, 0.1) is 0 Å². The Morgan fingerprint density at radius 1 is 1.25 bits per heavy atom. The molecular formula is C13H18Cl2N3O2+. The number of nitrogens with zero attached hydrogens (tertiary/aromatic N) is 1. The molecule has 5 nitrogen and oxygen atoms in total. The number of carbonyl (C=O) groups excluding carboxylic acids is 2. The monoisotopic (exact) mass is 318 g/mol. The number of halogens is 2. The molecule has 1 atom stereocenters. The molecule has 0 aliphatic heterocycles. The summed E-state index contributed by atoms with van der Waals surface area (Å²) < 4.78 is 0. The average molecular weight is 319 g/mol. The zero-order valence-corrected chi connectivity index (χ0v) is 13.2. The van der Waals surface area contributed by atoms with Crippen LogP contribution in [0.4, 0.5) is 5.69 Å². The lowest BCUT2D eigenvalue weighted by Crippen LogP contribution is -3.11. The smallest absolute Gasteiger partial charge is 0.279 e. The van der Waals surface area contributed by atoms with Crippen molar-refractivity contribution in [3.05, 3.63) is 28.2 Å². The molecule has 0 aliphatic carbocycles. The fraction of sp³-hybridized carbons (Fsp3) is 0.385. The lowest BCUT2D eigenvalue weighted by atomic mass is 10.3. The molecule has 1 aromatic rings. The number of hydrogen-bond donors (Lipinski definition) is 2. The van der Waals surface area contributed by atoms with Crippen molar-refractivity contribution in [3.8, 4) is 0 Å². The van der Waals surface area contributed by atoms with E-state index in [1.807, 2.05) is 0 Å². The number of anilines is 1. The molecule has 0 aliphatic rings. The van der Waals surface area contributed by atoms with E-state index in [4.69, 9.17) is 23.2 Å². The highest BCUT2D eigenvalue weighted by molar-refractivity contribution is 6.36. The van der Waals surface area contributed by atoms with Gasteiger partial charge in [-0.05, 0) is 18.2 Å². The molecule has 20 heavy (non-hydrogen) atoms. The summed E-state index contributed by atoms with van der Waals surface area (Å²) in [5, 5.41) is 3.58. The van der Waals surface area contributed by atoms with Gasteiger partial charge in [0.05, 0.1) is 17.8 Å². The molecule has 0 aromatic heterocycles. The predicted molar refractivity (Wildman–Crippen MR) is 80.4 cm³/mol. The molecule has 110 valence electrons. The van der Waals surface area contributed by atoms with Crippen molar-refractivity contribution in [2.24, 2.45) is 0 Å². The van der Waals surface area contributed by atoms with Gasteiger partial charge in [0.1, 0.15) is 0 Å². The van der Waals surface area contributed by atoms with Crippen LogP contribution in [0.5, 0.6) is 0 Å². The summed E-state index contributed by atoms with van der Waals surface area (Å²) in [6, 6.07) is 4.85. The van der Waals surface area contributed by atoms with E-state index in [9.17, 15) is 9.59 Å². The first kappa shape index (κ1) is 16.8. The number of hydrogen-bond acceptors (Lipinski definition) is 2. The molecule has 7 heteroatoms. The van der Waals surface area contributed by atoms with Crippen molar-refractivity contribution in [3.63, 3.8) is 0 Å². The van der Waals surface area contributed by atoms with Gasteiger partial charge in [-0.1, -0.05) is 23.2 Å². The van der Waals surface area contributed by atoms with Gasteiger partial charge < -0.3 is 15.1 Å². The van der Waals surface area contributed by atoms with Crippen molar-refractivity contribution in [1.29, 1.82) is 0 Å². The zero-order valence-electron chi connectivity index (χ0n) is 11.7. The molecule has 0 radical (unpaired) electrons. The highest BCUT2D eigenvalue weighted by atomic mass is 35.5. The van der Waals surface area contributed by atoms with Crippen LogP contribution >= 0.6 is 23.2 Å². The van der Waals surface area contributed by atoms with E-state index < -0.39 is 0 Å². The highest BCUT2D eigenvalue weighted by Crippen LogP contribution is 2.24. The van der Waals surface area contributed by atoms with E-state index >= 15 is 0 Å². The van der Waals surface area contributed by atoms with E-state index in [1.54, 1.807) is 39.3 Å². The summed E-state index contributed by atoms with van der Waals surface area (Å²) in [7, 11) is 5.15. The van der Waals surface area contributed by atoms with E-state index in [0.29, 0.717) is 15.7 Å². The Balaban J connectivity index is 2.53. The van der Waals surface area contributed by atoms with Crippen molar-refractivity contribution in [2.45, 2.75) is 0 Å². The second-order valence-electron chi connectivity index (χ2n) is 4.77.